The predicted molar refractivity (Wildman–Crippen MR) is 124 cm³/mol. The summed E-state index contributed by atoms with van der Waals surface area (Å²) >= 11 is 5.89. The van der Waals surface area contributed by atoms with E-state index >= 15 is 0 Å². The second-order valence-electron chi connectivity index (χ2n) is 7.77. The van der Waals surface area contributed by atoms with Crippen LogP contribution in [0.25, 0.3) is 0 Å². The predicted octanol–water partition coefficient (Wildman–Crippen LogP) is 3.59. The molecular weight excluding hydrogens is 463 g/mol. The molecule has 0 spiro atoms. The molecule has 4 rings (SSSR count). The number of amides is 1. The summed E-state index contributed by atoms with van der Waals surface area (Å²) in [6.07, 6.45) is 1.25. The highest BCUT2D eigenvalue weighted by Crippen LogP contribution is 2.21. The molecule has 2 heterocycles. The Balaban J connectivity index is 1.35. The molecule has 1 saturated heterocycles. The normalized spacial score (nSPS) is 15.6. The van der Waals surface area contributed by atoms with Crippen LogP contribution in [0.3, 0.4) is 0 Å². The number of piperidine rings is 1. The van der Waals surface area contributed by atoms with Crippen LogP contribution in [-0.2, 0) is 16.1 Å². The highest BCUT2D eigenvalue weighted by atomic mass is 35.5. The summed E-state index contributed by atoms with van der Waals surface area (Å²) in [5.74, 6) is -1.23. The maximum Gasteiger partial charge on any atom is 0.311 e. The minimum absolute atomic E-state index is 0.0220. The standard InChI is InChI=1S/C23H22ClFN6O3/c24-16-5-9-18(10-6-16)27-23-29-19(28-22(26)30-23)13-34-21(33)15-2-1-11-31(12-15)20(32)14-3-7-17(25)8-4-14/h3-10,15H,1-2,11-13H2,(H3,26,27,28,29,30)/t15-/m0/s1. The molecule has 0 radical (unpaired) electrons. The van der Waals surface area contributed by atoms with Crippen LogP contribution in [0.1, 0.15) is 29.0 Å². The van der Waals surface area contributed by atoms with E-state index in [9.17, 15) is 14.0 Å². The average Bonchev–Trinajstić information content (AvgIpc) is 2.84. The van der Waals surface area contributed by atoms with E-state index in [-0.39, 0.29) is 36.8 Å². The van der Waals surface area contributed by atoms with E-state index in [1.54, 1.807) is 29.2 Å². The number of benzene rings is 2. The van der Waals surface area contributed by atoms with Gasteiger partial charge in [0.15, 0.2) is 12.4 Å². The minimum Gasteiger partial charge on any atom is -0.457 e. The summed E-state index contributed by atoms with van der Waals surface area (Å²) < 4.78 is 18.6. The first-order chi connectivity index (χ1) is 16.4. The minimum atomic E-state index is -0.482. The molecule has 0 aliphatic carbocycles. The van der Waals surface area contributed by atoms with Crippen molar-refractivity contribution in [3.8, 4) is 0 Å². The number of ether oxygens (including phenoxy) is 1. The Hall–Kier alpha value is -3.79. The number of likely N-dealkylation sites (tertiary alicyclic amines) is 1. The fraction of sp³-hybridized carbons (Fsp3) is 0.261. The fourth-order valence-corrected chi connectivity index (χ4v) is 3.73. The number of esters is 1. The van der Waals surface area contributed by atoms with Crippen molar-refractivity contribution >= 4 is 41.1 Å². The van der Waals surface area contributed by atoms with Gasteiger partial charge in [0, 0.05) is 29.4 Å². The van der Waals surface area contributed by atoms with Gasteiger partial charge in [-0.3, -0.25) is 9.59 Å². The number of aromatic nitrogens is 3. The number of nitrogens with one attached hydrogen (secondary N) is 1. The smallest absolute Gasteiger partial charge is 0.311 e. The molecule has 0 bridgehead atoms. The van der Waals surface area contributed by atoms with E-state index in [4.69, 9.17) is 22.1 Å². The van der Waals surface area contributed by atoms with Gasteiger partial charge in [-0.25, -0.2) is 4.39 Å². The lowest BCUT2D eigenvalue weighted by Gasteiger charge is -2.31. The van der Waals surface area contributed by atoms with E-state index < -0.39 is 17.7 Å². The van der Waals surface area contributed by atoms with Gasteiger partial charge < -0.3 is 20.7 Å². The van der Waals surface area contributed by atoms with Crippen LogP contribution in [0.15, 0.2) is 48.5 Å². The summed E-state index contributed by atoms with van der Waals surface area (Å²) in [6, 6.07) is 12.3. The number of nitrogens with zero attached hydrogens (tertiary/aromatic N) is 4. The molecule has 9 nitrogen and oxygen atoms in total. The zero-order valence-electron chi connectivity index (χ0n) is 18.1. The number of carbonyl (C=O) groups excluding carboxylic acids is 2. The van der Waals surface area contributed by atoms with E-state index in [0.29, 0.717) is 35.7 Å². The Labute approximate surface area is 200 Å². The lowest BCUT2D eigenvalue weighted by molar-refractivity contribution is -0.151. The highest BCUT2D eigenvalue weighted by molar-refractivity contribution is 6.30. The third-order valence-corrected chi connectivity index (χ3v) is 5.53. The molecule has 1 atom stereocenters. The lowest BCUT2D eigenvalue weighted by Crippen LogP contribution is -2.42. The summed E-state index contributed by atoms with van der Waals surface area (Å²) in [7, 11) is 0. The number of nitrogen functional groups attached to an aromatic ring is 1. The van der Waals surface area contributed by atoms with Gasteiger partial charge in [0.2, 0.25) is 11.9 Å². The van der Waals surface area contributed by atoms with E-state index in [0.717, 1.165) is 0 Å². The van der Waals surface area contributed by atoms with E-state index in [1.807, 2.05) is 0 Å². The SMILES string of the molecule is Nc1nc(COC(=O)[C@H]2CCCN(C(=O)c3ccc(F)cc3)C2)nc(Nc2ccc(Cl)cc2)n1. The molecule has 0 unspecified atom stereocenters. The first kappa shape index (κ1) is 23.4. The molecule has 1 amide bonds. The number of carbonyl (C=O) groups is 2. The Bertz CT molecular complexity index is 1180. The second-order valence-corrected chi connectivity index (χ2v) is 8.21. The molecule has 2 aromatic carbocycles. The third-order valence-electron chi connectivity index (χ3n) is 5.28. The second kappa shape index (κ2) is 10.4. The Morgan fingerprint density at radius 2 is 1.85 bits per heavy atom. The van der Waals surface area contributed by atoms with Crippen molar-refractivity contribution < 1.29 is 18.7 Å². The first-order valence-corrected chi connectivity index (χ1v) is 11.0. The van der Waals surface area contributed by atoms with Crippen molar-refractivity contribution in [1.29, 1.82) is 0 Å². The quantitative estimate of drug-likeness (QED) is 0.509. The van der Waals surface area contributed by atoms with E-state index in [2.05, 4.69) is 20.3 Å². The molecule has 3 aromatic rings. The van der Waals surface area contributed by atoms with Gasteiger partial charge in [-0.05, 0) is 61.4 Å². The van der Waals surface area contributed by atoms with Crippen molar-refractivity contribution in [3.63, 3.8) is 0 Å². The van der Waals surface area contributed by atoms with E-state index in [1.165, 1.54) is 24.3 Å². The van der Waals surface area contributed by atoms with Gasteiger partial charge in [0.1, 0.15) is 5.82 Å². The number of rotatable bonds is 6. The molecule has 34 heavy (non-hydrogen) atoms. The van der Waals surface area contributed by atoms with Crippen LogP contribution in [0.5, 0.6) is 0 Å². The number of hydrogen-bond donors (Lipinski definition) is 2. The Kier molecular flexibility index (Phi) is 7.17. The number of nitrogens with two attached hydrogens (primary N) is 1. The lowest BCUT2D eigenvalue weighted by atomic mass is 9.97. The number of hydrogen-bond acceptors (Lipinski definition) is 8. The molecule has 11 heteroatoms. The first-order valence-electron chi connectivity index (χ1n) is 10.6. The van der Waals surface area contributed by atoms with Crippen molar-refractivity contribution in [1.82, 2.24) is 19.9 Å². The maximum absolute atomic E-state index is 13.1. The number of halogens is 2. The van der Waals surface area contributed by atoms with Gasteiger partial charge in [-0.2, -0.15) is 15.0 Å². The summed E-state index contributed by atoms with van der Waals surface area (Å²) in [6.45, 7) is 0.546. The zero-order chi connectivity index (χ0) is 24.1. The van der Waals surface area contributed by atoms with Crippen LogP contribution >= 0.6 is 11.6 Å². The molecular formula is C23H22ClFN6O3. The highest BCUT2D eigenvalue weighted by Gasteiger charge is 2.30. The topological polar surface area (TPSA) is 123 Å². The van der Waals surface area contributed by atoms with Crippen LogP contribution in [-0.4, -0.2) is 44.8 Å². The third kappa shape index (κ3) is 5.96. The zero-order valence-corrected chi connectivity index (χ0v) is 18.8. The largest absolute Gasteiger partial charge is 0.457 e. The van der Waals surface area contributed by atoms with Crippen molar-refractivity contribution in [3.05, 3.63) is 70.8 Å². The number of anilines is 3. The average molecular weight is 485 g/mol. The monoisotopic (exact) mass is 484 g/mol. The van der Waals surface area contributed by atoms with Crippen LogP contribution in [0.2, 0.25) is 5.02 Å². The van der Waals surface area contributed by atoms with Crippen molar-refractivity contribution in [2.75, 3.05) is 24.1 Å². The Morgan fingerprint density at radius 3 is 2.59 bits per heavy atom. The van der Waals surface area contributed by atoms with Crippen LogP contribution in [0.4, 0.5) is 22.0 Å². The maximum atomic E-state index is 13.1. The summed E-state index contributed by atoms with van der Waals surface area (Å²) in [5, 5.41) is 3.58. The Morgan fingerprint density at radius 1 is 1.12 bits per heavy atom. The summed E-state index contributed by atoms with van der Waals surface area (Å²) in [4.78, 5) is 39.2. The molecule has 1 aromatic heterocycles. The molecule has 176 valence electrons. The van der Waals surface area contributed by atoms with Crippen molar-refractivity contribution in [2.24, 2.45) is 5.92 Å². The van der Waals surface area contributed by atoms with Gasteiger partial charge >= 0.3 is 5.97 Å². The van der Waals surface area contributed by atoms with Gasteiger partial charge in [-0.15, -0.1) is 0 Å². The summed E-state index contributed by atoms with van der Waals surface area (Å²) in [5.41, 5.74) is 6.84. The molecule has 1 aliphatic rings. The molecule has 1 fully saturated rings. The fourth-order valence-electron chi connectivity index (χ4n) is 3.60. The van der Waals surface area contributed by atoms with Crippen molar-refractivity contribution in [2.45, 2.75) is 19.4 Å². The van der Waals surface area contributed by atoms with Gasteiger partial charge in [0.25, 0.3) is 5.91 Å². The van der Waals surface area contributed by atoms with Gasteiger partial charge in [0.05, 0.1) is 5.92 Å². The van der Waals surface area contributed by atoms with Crippen LogP contribution < -0.4 is 11.1 Å². The molecule has 3 N–H and O–H groups in total. The van der Waals surface area contributed by atoms with Crippen LogP contribution in [0, 0.1) is 11.7 Å². The van der Waals surface area contributed by atoms with Gasteiger partial charge in [-0.1, -0.05) is 11.6 Å². The molecule has 0 saturated carbocycles. The molecule has 1 aliphatic heterocycles.